The van der Waals surface area contributed by atoms with Crippen molar-refractivity contribution in [1.29, 1.82) is 0 Å². The molecule has 1 aliphatic rings. The molecule has 0 saturated carbocycles. The van der Waals surface area contributed by atoms with Gasteiger partial charge < -0.3 is 18.7 Å². The number of benzene rings is 2. The van der Waals surface area contributed by atoms with E-state index in [9.17, 15) is 5.53 Å². The first kappa shape index (κ1) is 66.5. The van der Waals surface area contributed by atoms with Crippen LogP contribution in [0.3, 0.4) is 0 Å². The van der Waals surface area contributed by atoms with Crippen LogP contribution in [0.25, 0.3) is 16.9 Å². The van der Waals surface area contributed by atoms with E-state index in [1.807, 2.05) is 0 Å². The number of rotatable bonds is 42. The van der Waals surface area contributed by atoms with Gasteiger partial charge in [-0.2, -0.15) is 0 Å². The number of aryl methyl sites for hydroxylation is 2. The fraction of sp³-hybridized carbons (Fsp3) is 0.697. The van der Waals surface area contributed by atoms with Crippen molar-refractivity contribution in [3.63, 3.8) is 0 Å². The third-order valence-electron chi connectivity index (χ3n) is 13.9. The molecule has 0 unspecified atom stereocenters. The molecule has 1 heterocycles. The molecule has 1 aliphatic heterocycles. The summed E-state index contributed by atoms with van der Waals surface area (Å²) in [6, 6.07) is 17.7. The average molecular weight is 990 g/mol. The van der Waals surface area contributed by atoms with Gasteiger partial charge in [0.05, 0.1) is 0 Å². The van der Waals surface area contributed by atoms with E-state index >= 15 is 0 Å². The first-order valence-electron chi connectivity index (χ1n) is 29.7. The Hall–Kier alpha value is -2.51. The molecular formula is C66H110N2Ni. The predicted molar refractivity (Wildman–Crippen MR) is 305 cm³/mol. The van der Waals surface area contributed by atoms with Gasteiger partial charge in [0, 0.05) is 22.3 Å². The molecule has 0 atom stereocenters. The maximum atomic E-state index is 11.7. The average Bonchev–Trinajstić information content (AvgIpc) is 3.64. The maximum absolute atomic E-state index is 11.7. The molecule has 3 heteroatoms. The van der Waals surface area contributed by atoms with Crippen LogP contribution in [-0.4, -0.2) is 4.70 Å². The Balaban J connectivity index is 0.00000112. The minimum atomic E-state index is 0. The Labute approximate surface area is 441 Å². The van der Waals surface area contributed by atoms with Crippen molar-refractivity contribution in [1.82, 2.24) is 0 Å². The molecule has 69 heavy (non-hydrogen) atoms. The van der Waals surface area contributed by atoms with Gasteiger partial charge in [0.1, 0.15) is 0 Å². The minimum absolute atomic E-state index is 0. The van der Waals surface area contributed by atoms with E-state index in [1.165, 1.54) is 220 Å². The van der Waals surface area contributed by atoms with Crippen molar-refractivity contribution in [2.24, 2.45) is 0 Å². The molecule has 0 fully saturated rings. The molecular weight excluding hydrogens is 879 g/mol. The SMILES string of the molecule is CCCCC1=C(c2cccc(CCCC)c2)[N+](=[N-])C(c2cccc(CCCC)c2)=C1CCCC.[CH-]=CCCCCCCCCCCCCCCC.[CH-]=CCCCCCCCCCCCCCCC.[Ni+2]. The van der Waals surface area contributed by atoms with Crippen molar-refractivity contribution in [2.45, 2.75) is 298 Å². The molecule has 0 bridgehead atoms. The fourth-order valence-corrected chi connectivity index (χ4v) is 9.56. The van der Waals surface area contributed by atoms with E-state index < -0.39 is 0 Å². The largest absolute Gasteiger partial charge is 2.00 e. The Morgan fingerprint density at radius 1 is 0.362 bits per heavy atom. The summed E-state index contributed by atoms with van der Waals surface area (Å²) in [6.07, 6.45) is 56.3. The maximum Gasteiger partial charge on any atom is 2.00 e. The normalized spacial score (nSPS) is 12.1. The zero-order valence-electron chi connectivity index (χ0n) is 46.4. The van der Waals surface area contributed by atoms with Gasteiger partial charge in [0.2, 0.25) is 11.4 Å². The first-order valence-corrected chi connectivity index (χ1v) is 29.7. The standard InChI is InChI=1S/C32H44N2.2C17H33.Ni/c1-5-9-15-25-17-13-19-27(23-25)31-29(21-11-7-3)30(22-12-8-4)32(34(31)33)28-20-14-18-26(24-28)16-10-6-2;2*1-3-5-7-9-11-13-15-17-16-14-12-10-8-6-4-2;/h13-14,17-20,23-24H,5-12,15-16,21-22H2,1-4H3;2*1,3H,4-17H2,2H3;/q;2*-1;+2. The second kappa shape index (κ2) is 49.1. The van der Waals surface area contributed by atoms with Gasteiger partial charge in [-0.3, -0.25) is 12.2 Å². The van der Waals surface area contributed by atoms with Crippen LogP contribution in [0.5, 0.6) is 0 Å². The first-order chi connectivity index (χ1) is 33.5. The van der Waals surface area contributed by atoms with Gasteiger partial charge in [-0.25, -0.2) is 4.70 Å². The van der Waals surface area contributed by atoms with E-state index in [2.05, 4.69) is 90.1 Å². The van der Waals surface area contributed by atoms with Crippen LogP contribution in [0.15, 0.2) is 71.8 Å². The number of nitrogens with zero attached hydrogens (tertiary/aromatic N) is 2. The van der Waals surface area contributed by atoms with E-state index in [0.29, 0.717) is 0 Å². The molecule has 0 aliphatic carbocycles. The summed E-state index contributed by atoms with van der Waals surface area (Å²) in [5.74, 6) is 0. The summed E-state index contributed by atoms with van der Waals surface area (Å²) < 4.78 is 1.54. The van der Waals surface area contributed by atoms with Crippen molar-refractivity contribution in [3.8, 4) is 0 Å². The molecule has 3 rings (SSSR count). The smallest absolute Gasteiger partial charge is 0.518 e. The Bertz CT molecular complexity index is 1460. The number of allylic oxidation sites excluding steroid dienone is 4. The van der Waals surface area contributed by atoms with Gasteiger partial charge in [-0.15, -0.1) is 0 Å². The third-order valence-corrected chi connectivity index (χ3v) is 13.9. The Kier molecular flexibility index (Phi) is 47.3. The van der Waals surface area contributed by atoms with Crippen LogP contribution in [0.4, 0.5) is 0 Å². The molecule has 0 amide bonds. The second-order valence-corrected chi connectivity index (χ2v) is 20.3. The predicted octanol–water partition coefficient (Wildman–Crippen LogP) is 22.8. The molecule has 2 aromatic rings. The molecule has 0 radical (unpaired) electrons. The molecule has 0 N–H and O–H groups in total. The Morgan fingerprint density at radius 3 is 0.899 bits per heavy atom. The van der Waals surface area contributed by atoms with E-state index in [-0.39, 0.29) is 16.5 Å². The molecule has 394 valence electrons. The molecule has 0 aromatic heterocycles. The van der Waals surface area contributed by atoms with E-state index in [0.717, 1.165) is 86.7 Å². The van der Waals surface area contributed by atoms with Crippen LogP contribution in [0.2, 0.25) is 0 Å². The third kappa shape index (κ3) is 33.0. The molecule has 2 nitrogen and oxygen atoms in total. The number of unbranched alkanes of at least 4 members (excludes halogenated alkanes) is 30. The summed E-state index contributed by atoms with van der Waals surface area (Å²) in [6.45, 7) is 24.2. The molecule has 0 saturated heterocycles. The van der Waals surface area contributed by atoms with Crippen LogP contribution < -0.4 is 0 Å². The van der Waals surface area contributed by atoms with Crippen molar-refractivity contribution < 1.29 is 21.2 Å². The van der Waals surface area contributed by atoms with Gasteiger partial charge in [0.25, 0.3) is 0 Å². The van der Waals surface area contributed by atoms with Crippen molar-refractivity contribution >= 4 is 11.4 Å². The van der Waals surface area contributed by atoms with Crippen LogP contribution >= 0.6 is 0 Å². The second-order valence-electron chi connectivity index (χ2n) is 20.3. The van der Waals surface area contributed by atoms with Crippen LogP contribution in [0, 0.1) is 13.2 Å². The van der Waals surface area contributed by atoms with Gasteiger partial charge in [-0.1, -0.05) is 271 Å². The summed E-state index contributed by atoms with van der Waals surface area (Å²) >= 11 is 0. The summed E-state index contributed by atoms with van der Waals surface area (Å²) in [7, 11) is 0. The van der Waals surface area contributed by atoms with Gasteiger partial charge >= 0.3 is 16.5 Å². The molecule has 2 aromatic carbocycles. The van der Waals surface area contributed by atoms with Crippen molar-refractivity contribution in [3.05, 3.63) is 113 Å². The molecule has 0 spiro atoms. The monoisotopic (exact) mass is 989 g/mol. The van der Waals surface area contributed by atoms with Crippen LogP contribution in [-0.2, 0) is 29.3 Å². The van der Waals surface area contributed by atoms with Gasteiger partial charge in [-0.05, 0) is 86.8 Å². The number of hydrogen-bond donors (Lipinski definition) is 0. The minimum Gasteiger partial charge on any atom is -0.518 e. The fourth-order valence-electron chi connectivity index (χ4n) is 9.56. The zero-order valence-corrected chi connectivity index (χ0v) is 47.4. The zero-order chi connectivity index (χ0) is 49.6. The summed E-state index contributed by atoms with van der Waals surface area (Å²) in [4.78, 5) is 0. The van der Waals surface area contributed by atoms with E-state index in [1.54, 1.807) is 12.2 Å². The summed E-state index contributed by atoms with van der Waals surface area (Å²) in [5.41, 5.74) is 21.5. The van der Waals surface area contributed by atoms with E-state index in [4.69, 9.17) is 13.2 Å². The quantitative estimate of drug-likeness (QED) is 0.0274. The van der Waals surface area contributed by atoms with Gasteiger partial charge in [0.15, 0.2) is 0 Å². The Morgan fingerprint density at radius 2 is 0.623 bits per heavy atom. The summed E-state index contributed by atoms with van der Waals surface area (Å²) in [5, 5.41) is 0. The van der Waals surface area contributed by atoms with Crippen molar-refractivity contribution in [2.75, 3.05) is 0 Å². The topological polar surface area (TPSA) is 25.3 Å². The number of hydrogen-bond acceptors (Lipinski definition) is 0. The van der Waals surface area contributed by atoms with Crippen LogP contribution in [0.1, 0.15) is 308 Å².